The van der Waals surface area contributed by atoms with Crippen molar-refractivity contribution >= 4 is 11.3 Å². The first-order chi connectivity index (χ1) is 9.97. The van der Waals surface area contributed by atoms with Crippen LogP contribution in [0.15, 0.2) is 24.3 Å². The summed E-state index contributed by atoms with van der Waals surface area (Å²) >= 11 is 1.95. The molecule has 2 aromatic rings. The van der Waals surface area contributed by atoms with E-state index in [-0.39, 0.29) is 0 Å². The lowest BCUT2D eigenvalue weighted by Gasteiger charge is -2.11. The van der Waals surface area contributed by atoms with Gasteiger partial charge in [0.05, 0.1) is 11.4 Å². The molecular formula is C18H26N2S. The van der Waals surface area contributed by atoms with Gasteiger partial charge in [0, 0.05) is 15.7 Å². The summed E-state index contributed by atoms with van der Waals surface area (Å²) in [4.78, 5) is 2.97. The highest BCUT2D eigenvalue weighted by Gasteiger charge is 2.11. The van der Waals surface area contributed by atoms with Crippen LogP contribution in [0.3, 0.4) is 0 Å². The number of aryl methyl sites for hydroxylation is 1. The lowest BCUT2D eigenvalue weighted by molar-refractivity contribution is 0.643. The highest BCUT2D eigenvalue weighted by Crippen LogP contribution is 2.27. The van der Waals surface area contributed by atoms with E-state index in [1.807, 2.05) is 11.3 Å². The van der Waals surface area contributed by atoms with E-state index in [4.69, 9.17) is 0 Å². The van der Waals surface area contributed by atoms with E-state index in [0.29, 0.717) is 17.8 Å². The minimum absolute atomic E-state index is 0.447. The van der Waals surface area contributed by atoms with Crippen LogP contribution in [0.5, 0.6) is 0 Å². The molecule has 0 aliphatic rings. The van der Waals surface area contributed by atoms with Gasteiger partial charge in [-0.3, -0.25) is 0 Å². The van der Waals surface area contributed by atoms with Gasteiger partial charge in [-0.25, -0.2) is 0 Å². The van der Waals surface area contributed by atoms with Crippen molar-refractivity contribution in [1.82, 2.24) is 10.2 Å². The molecule has 0 saturated heterocycles. The summed E-state index contributed by atoms with van der Waals surface area (Å²) in [5, 5.41) is 8.73. The van der Waals surface area contributed by atoms with E-state index < -0.39 is 0 Å². The van der Waals surface area contributed by atoms with Crippen molar-refractivity contribution < 1.29 is 0 Å². The first kappa shape index (κ1) is 16.2. The van der Waals surface area contributed by atoms with E-state index in [1.54, 1.807) is 0 Å². The van der Waals surface area contributed by atoms with Crippen LogP contribution in [0.2, 0.25) is 0 Å². The fourth-order valence-electron chi connectivity index (χ4n) is 2.27. The van der Waals surface area contributed by atoms with Gasteiger partial charge in [0.2, 0.25) is 0 Å². The molecule has 3 heteroatoms. The SMILES string of the molecule is CC(C)c1ccc(C(C)CCc2ccc(C(C)C)s2)nn1. The van der Waals surface area contributed by atoms with Crippen molar-refractivity contribution in [3.63, 3.8) is 0 Å². The minimum Gasteiger partial charge on any atom is -0.155 e. The maximum absolute atomic E-state index is 4.40. The van der Waals surface area contributed by atoms with Crippen LogP contribution < -0.4 is 0 Å². The third kappa shape index (κ3) is 4.37. The summed E-state index contributed by atoms with van der Waals surface area (Å²) in [5.74, 6) is 1.54. The smallest absolute Gasteiger partial charge is 0.0659 e. The Kier molecular flexibility index (Phi) is 5.51. The van der Waals surface area contributed by atoms with Gasteiger partial charge in [0.1, 0.15) is 0 Å². The van der Waals surface area contributed by atoms with Gasteiger partial charge < -0.3 is 0 Å². The zero-order valence-corrected chi connectivity index (χ0v) is 14.6. The van der Waals surface area contributed by atoms with Crippen molar-refractivity contribution in [1.29, 1.82) is 0 Å². The Labute approximate surface area is 132 Å². The second-order valence-electron chi connectivity index (χ2n) is 6.44. The van der Waals surface area contributed by atoms with Gasteiger partial charge in [0.15, 0.2) is 0 Å². The van der Waals surface area contributed by atoms with Crippen molar-refractivity contribution in [2.45, 2.75) is 65.2 Å². The van der Waals surface area contributed by atoms with Crippen LogP contribution in [0.4, 0.5) is 0 Å². The summed E-state index contributed by atoms with van der Waals surface area (Å²) in [7, 11) is 0. The molecule has 0 aliphatic heterocycles. The molecule has 0 aliphatic carbocycles. The first-order valence-corrected chi connectivity index (χ1v) is 8.71. The van der Waals surface area contributed by atoms with Crippen molar-refractivity contribution in [3.8, 4) is 0 Å². The second-order valence-corrected chi connectivity index (χ2v) is 7.64. The quantitative estimate of drug-likeness (QED) is 0.702. The molecule has 0 amide bonds. The summed E-state index contributed by atoms with van der Waals surface area (Å²) in [6, 6.07) is 8.80. The molecule has 0 saturated carbocycles. The average Bonchev–Trinajstić information content (AvgIpc) is 2.94. The zero-order valence-electron chi connectivity index (χ0n) is 13.8. The van der Waals surface area contributed by atoms with Gasteiger partial charge >= 0.3 is 0 Å². The Morgan fingerprint density at radius 2 is 1.52 bits per heavy atom. The van der Waals surface area contributed by atoms with Crippen molar-refractivity contribution in [2.75, 3.05) is 0 Å². The fraction of sp³-hybridized carbons (Fsp3) is 0.556. The first-order valence-electron chi connectivity index (χ1n) is 7.89. The number of aromatic nitrogens is 2. The van der Waals surface area contributed by atoms with Crippen molar-refractivity contribution in [3.05, 3.63) is 45.4 Å². The normalized spacial score (nSPS) is 13.1. The molecule has 1 atom stereocenters. The summed E-state index contributed by atoms with van der Waals surface area (Å²) in [6.07, 6.45) is 2.26. The van der Waals surface area contributed by atoms with Gasteiger partial charge in [-0.2, -0.15) is 10.2 Å². The molecule has 2 nitrogen and oxygen atoms in total. The molecule has 0 aromatic carbocycles. The molecule has 1 unspecified atom stereocenters. The topological polar surface area (TPSA) is 25.8 Å². The third-order valence-corrected chi connectivity index (χ3v) is 5.32. The maximum atomic E-state index is 4.40. The highest BCUT2D eigenvalue weighted by molar-refractivity contribution is 7.12. The van der Waals surface area contributed by atoms with E-state index in [9.17, 15) is 0 Å². The highest BCUT2D eigenvalue weighted by atomic mass is 32.1. The average molecular weight is 302 g/mol. The fourth-order valence-corrected chi connectivity index (χ4v) is 3.30. The minimum atomic E-state index is 0.447. The molecule has 2 aromatic heterocycles. The number of hydrogen-bond donors (Lipinski definition) is 0. The second kappa shape index (κ2) is 7.17. The Bertz CT molecular complexity index is 555. The molecule has 21 heavy (non-hydrogen) atoms. The van der Waals surface area contributed by atoms with Crippen LogP contribution >= 0.6 is 11.3 Å². The monoisotopic (exact) mass is 302 g/mol. The maximum Gasteiger partial charge on any atom is 0.0659 e. The Morgan fingerprint density at radius 1 is 0.857 bits per heavy atom. The predicted octanol–water partition coefficient (Wildman–Crippen LogP) is 5.52. The van der Waals surface area contributed by atoms with Crippen molar-refractivity contribution in [2.24, 2.45) is 0 Å². The Balaban J connectivity index is 1.92. The number of nitrogens with zero attached hydrogens (tertiary/aromatic N) is 2. The molecule has 0 spiro atoms. The van der Waals surface area contributed by atoms with Crippen LogP contribution in [-0.4, -0.2) is 10.2 Å². The van der Waals surface area contributed by atoms with Gasteiger partial charge in [-0.15, -0.1) is 11.3 Å². The molecule has 2 rings (SSSR count). The number of rotatable bonds is 6. The molecule has 0 radical (unpaired) electrons. The summed E-state index contributed by atoms with van der Waals surface area (Å²) < 4.78 is 0. The predicted molar refractivity (Wildman–Crippen MR) is 91.3 cm³/mol. The van der Waals surface area contributed by atoms with Crippen LogP contribution in [0.1, 0.15) is 79.9 Å². The lowest BCUT2D eigenvalue weighted by atomic mass is 10.00. The molecular weight excluding hydrogens is 276 g/mol. The van der Waals surface area contributed by atoms with E-state index in [2.05, 4.69) is 69.1 Å². The molecule has 2 heterocycles. The Hall–Kier alpha value is -1.22. The van der Waals surface area contributed by atoms with Crippen LogP contribution in [-0.2, 0) is 6.42 Å². The molecule has 0 bridgehead atoms. The number of hydrogen-bond acceptors (Lipinski definition) is 3. The van der Waals surface area contributed by atoms with Gasteiger partial charge in [0.25, 0.3) is 0 Å². The molecule has 114 valence electrons. The number of thiophene rings is 1. The van der Waals surface area contributed by atoms with E-state index in [0.717, 1.165) is 24.2 Å². The molecule has 0 fully saturated rings. The lowest BCUT2D eigenvalue weighted by Crippen LogP contribution is -2.03. The summed E-state index contributed by atoms with van der Waals surface area (Å²) in [6.45, 7) is 11.1. The van der Waals surface area contributed by atoms with Crippen LogP contribution in [0.25, 0.3) is 0 Å². The zero-order chi connectivity index (χ0) is 15.4. The molecule has 0 N–H and O–H groups in total. The standard InChI is InChI=1S/C18H26N2S/c1-12(2)16-9-10-17(20-19-16)14(5)6-7-15-8-11-18(21-15)13(3)4/h8-14H,6-7H2,1-5H3. The van der Waals surface area contributed by atoms with Gasteiger partial charge in [-0.1, -0.05) is 34.6 Å². The van der Waals surface area contributed by atoms with E-state index in [1.165, 1.54) is 9.75 Å². The third-order valence-electron chi connectivity index (χ3n) is 3.88. The van der Waals surface area contributed by atoms with Crippen LogP contribution in [0, 0.1) is 0 Å². The Morgan fingerprint density at radius 3 is 2.05 bits per heavy atom. The van der Waals surface area contributed by atoms with E-state index >= 15 is 0 Å². The van der Waals surface area contributed by atoms with Gasteiger partial charge in [-0.05, 0) is 48.9 Å². The summed E-state index contributed by atoms with van der Waals surface area (Å²) in [5.41, 5.74) is 2.19. The largest absolute Gasteiger partial charge is 0.155 e.